The van der Waals surface area contributed by atoms with Crippen LogP contribution in [0.25, 0.3) is 6.08 Å². The largest absolute Gasteiger partial charge is 0.489 e. The van der Waals surface area contributed by atoms with E-state index in [1.54, 1.807) is 7.11 Å². The molecule has 4 rings (SSSR count). The van der Waals surface area contributed by atoms with Crippen molar-refractivity contribution < 1.29 is 19.0 Å². The van der Waals surface area contributed by atoms with Crippen molar-refractivity contribution in [2.45, 2.75) is 12.1 Å². The average Bonchev–Trinajstić information content (AvgIpc) is 3.03. The first-order chi connectivity index (χ1) is 12.2. The number of benzene rings is 1. The second-order valence-corrected chi connectivity index (χ2v) is 6.82. The van der Waals surface area contributed by atoms with Crippen LogP contribution in [0, 0.1) is 0 Å². The molecule has 3 heterocycles. The second-order valence-electron chi connectivity index (χ2n) is 6.82. The van der Waals surface area contributed by atoms with Crippen molar-refractivity contribution in [1.29, 1.82) is 0 Å². The summed E-state index contributed by atoms with van der Waals surface area (Å²) in [5, 5.41) is 0. The Kier molecular flexibility index (Phi) is 4.74. The molecule has 6 heteroatoms. The summed E-state index contributed by atoms with van der Waals surface area (Å²) in [4.78, 5) is 16.5. The van der Waals surface area contributed by atoms with Gasteiger partial charge in [0.1, 0.15) is 19.0 Å². The normalized spacial score (nSPS) is 26.0. The summed E-state index contributed by atoms with van der Waals surface area (Å²) in [6, 6.07) is 8.21. The lowest BCUT2D eigenvalue weighted by Crippen LogP contribution is -2.54. The number of ether oxygens (including phenoxy) is 3. The number of likely N-dealkylation sites (tertiary alicyclic amines) is 1. The number of fused-ring (bicyclic) bond motifs is 2. The van der Waals surface area contributed by atoms with Crippen LogP contribution in [0.3, 0.4) is 0 Å². The Balaban J connectivity index is 1.42. The molecule has 2 saturated heterocycles. The van der Waals surface area contributed by atoms with Crippen LogP contribution in [0.15, 0.2) is 29.8 Å². The van der Waals surface area contributed by atoms with Gasteiger partial charge in [0, 0.05) is 38.9 Å². The van der Waals surface area contributed by atoms with Gasteiger partial charge >= 0.3 is 0 Å². The Morgan fingerprint density at radius 1 is 1.24 bits per heavy atom. The lowest BCUT2D eigenvalue weighted by Gasteiger charge is -2.36. The van der Waals surface area contributed by atoms with E-state index in [-0.39, 0.29) is 24.7 Å². The van der Waals surface area contributed by atoms with Gasteiger partial charge in [-0.3, -0.25) is 9.69 Å². The first-order valence-electron chi connectivity index (χ1n) is 8.78. The highest BCUT2D eigenvalue weighted by molar-refractivity contribution is 5.78. The summed E-state index contributed by atoms with van der Waals surface area (Å²) in [6.45, 7) is 4.52. The molecule has 0 spiro atoms. The van der Waals surface area contributed by atoms with Gasteiger partial charge in [0.05, 0.1) is 18.8 Å². The van der Waals surface area contributed by atoms with Gasteiger partial charge in [-0.15, -0.1) is 0 Å². The predicted molar refractivity (Wildman–Crippen MR) is 93.5 cm³/mol. The van der Waals surface area contributed by atoms with Crippen molar-refractivity contribution in [3.8, 4) is 5.75 Å². The third-order valence-electron chi connectivity index (χ3n) is 5.11. The lowest BCUT2D eigenvalue weighted by atomic mass is 10.1. The van der Waals surface area contributed by atoms with E-state index < -0.39 is 0 Å². The fraction of sp³-hybridized carbons (Fsp3) is 0.526. The van der Waals surface area contributed by atoms with E-state index in [9.17, 15) is 4.79 Å². The monoisotopic (exact) mass is 344 g/mol. The predicted octanol–water partition coefficient (Wildman–Crippen LogP) is 1.02. The van der Waals surface area contributed by atoms with Crippen molar-refractivity contribution in [1.82, 2.24) is 9.80 Å². The molecule has 1 aromatic rings. The zero-order valence-corrected chi connectivity index (χ0v) is 14.5. The second kappa shape index (κ2) is 7.15. The van der Waals surface area contributed by atoms with E-state index in [2.05, 4.69) is 17.0 Å². The number of para-hydroxylation sites is 1. The first-order valence-corrected chi connectivity index (χ1v) is 8.78. The molecule has 0 aromatic heterocycles. The summed E-state index contributed by atoms with van der Waals surface area (Å²) in [5.74, 6) is 1.01. The topological polar surface area (TPSA) is 51.2 Å². The summed E-state index contributed by atoms with van der Waals surface area (Å²) in [7, 11) is 1.66. The van der Waals surface area contributed by atoms with Crippen LogP contribution >= 0.6 is 0 Å². The molecule has 6 nitrogen and oxygen atoms in total. The highest BCUT2D eigenvalue weighted by Crippen LogP contribution is 2.28. The Labute approximate surface area is 147 Å². The smallest absolute Gasteiger partial charge is 0.249 e. The molecule has 1 amide bonds. The van der Waals surface area contributed by atoms with E-state index in [0.717, 1.165) is 30.9 Å². The van der Waals surface area contributed by atoms with Crippen LogP contribution in [0.5, 0.6) is 5.75 Å². The number of carbonyl (C=O) groups excluding carboxylic acids is 1. The standard InChI is InChI=1S/C19H24N2O4/c1-23-7-6-21-16-10-20(11-18(16)25-13-19(21)22)9-14-8-15-4-2-3-5-17(15)24-12-14/h2-5,8,16,18H,6-7,9-13H2,1H3/t16-,18-/m0/s1. The molecule has 134 valence electrons. The highest BCUT2D eigenvalue weighted by atomic mass is 16.5. The molecule has 3 aliphatic rings. The summed E-state index contributed by atoms with van der Waals surface area (Å²) >= 11 is 0. The number of hydrogen-bond donors (Lipinski definition) is 0. The van der Waals surface area contributed by atoms with E-state index in [1.165, 1.54) is 5.57 Å². The van der Waals surface area contributed by atoms with Gasteiger partial charge in [-0.2, -0.15) is 0 Å². The number of carbonyl (C=O) groups is 1. The maximum Gasteiger partial charge on any atom is 0.249 e. The average molecular weight is 344 g/mol. The highest BCUT2D eigenvalue weighted by Gasteiger charge is 2.43. The number of rotatable bonds is 5. The van der Waals surface area contributed by atoms with Gasteiger partial charge < -0.3 is 19.1 Å². The molecule has 2 fully saturated rings. The van der Waals surface area contributed by atoms with Crippen LogP contribution in [0.4, 0.5) is 0 Å². The van der Waals surface area contributed by atoms with Gasteiger partial charge in [0.15, 0.2) is 0 Å². The molecule has 1 aromatic carbocycles. The Bertz CT molecular complexity index is 675. The minimum absolute atomic E-state index is 0.0642. The minimum Gasteiger partial charge on any atom is -0.489 e. The zero-order chi connectivity index (χ0) is 17.2. The molecule has 0 radical (unpaired) electrons. The van der Waals surface area contributed by atoms with Crippen molar-refractivity contribution in [3.05, 3.63) is 35.4 Å². The third kappa shape index (κ3) is 3.42. The van der Waals surface area contributed by atoms with Gasteiger partial charge in [0.2, 0.25) is 5.91 Å². The van der Waals surface area contributed by atoms with E-state index >= 15 is 0 Å². The molecule has 3 aliphatic heterocycles. The molecule has 0 saturated carbocycles. The van der Waals surface area contributed by atoms with Crippen LogP contribution in [-0.2, 0) is 14.3 Å². The Morgan fingerprint density at radius 2 is 2.12 bits per heavy atom. The zero-order valence-electron chi connectivity index (χ0n) is 14.5. The van der Waals surface area contributed by atoms with Crippen LogP contribution in [0.1, 0.15) is 5.56 Å². The van der Waals surface area contributed by atoms with Crippen LogP contribution in [-0.4, -0.2) is 81.0 Å². The van der Waals surface area contributed by atoms with Gasteiger partial charge in [-0.05, 0) is 17.7 Å². The molecular formula is C19H24N2O4. The Morgan fingerprint density at radius 3 is 3.00 bits per heavy atom. The van der Waals surface area contributed by atoms with Gasteiger partial charge in [0.25, 0.3) is 0 Å². The number of hydrogen-bond acceptors (Lipinski definition) is 5. The van der Waals surface area contributed by atoms with Crippen LogP contribution in [0.2, 0.25) is 0 Å². The lowest BCUT2D eigenvalue weighted by molar-refractivity contribution is -0.153. The third-order valence-corrected chi connectivity index (χ3v) is 5.11. The number of nitrogens with zero attached hydrogens (tertiary/aromatic N) is 2. The molecule has 2 atom stereocenters. The Hall–Kier alpha value is -1.89. The van der Waals surface area contributed by atoms with E-state index in [0.29, 0.717) is 19.8 Å². The fourth-order valence-electron chi connectivity index (χ4n) is 3.89. The van der Waals surface area contributed by atoms with Crippen molar-refractivity contribution in [3.63, 3.8) is 0 Å². The molecule has 0 aliphatic carbocycles. The molecular weight excluding hydrogens is 320 g/mol. The SMILES string of the molecule is COCCN1C(=O)CO[C@H]2CN(CC3=Cc4ccccc4OC3)C[C@@H]21. The van der Waals surface area contributed by atoms with Crippen molar-refractivity contribution in [2.75, 3.05) is 53.1 Å². The van der Waals surface area contributed by atoms with Crippen LogP contribution < -0.4 is 4.74 Å². The van der Waals surface area contributed by atoms with Crippen molar-refractivity contribution in [2.24, 2.45) is 0 Å². The van der Waals surface area contributed by atoms with Gasteiger partial charge in [-0.1, -0.05) is 18.2 Å². The molecule has 25 heavy (non-hydrogen) atoms. The summed E-state index contributed by atoms with van der Waals surface area (Å²) < 4.78 is 16.8. The molecule has 0 unspecified atom stereocenters. The first kappa shape index (κ1) is 16.6. The number of methoxy groups -OCH3 is 1. The molecule has 0 bridgehead atoms. The number of amides is 1. The molecule has 0 N–H and O–H groups in total. The van der Waals surface area contributed by atoms with E-state index in [1.807, 2.05) is 23.1 Å². The maximum atomic E-state index is 12.2. The minimum atomic E-state index is 0.0642. The maximum absolute atomic E-state index is 12.2. The quantitative estimate of drug-likeness (QED) is 0.798. The number of morpholine rings is 1. The fourth-order valence-corrected chi connectivity index (χ4v) is 3.89. The van der Waals surface area contributed by atoms with E-state index in [4.69, 9.17) is 14.2 Å². The summed E-state index contributed by atoms with van der Waals surface area (Å²) in [5.41, 5.74) is 2.39. The van der Waals surface area contributed by atoms with Gasteiger partial charge in [-0.25, -0.2) is 0 Å². The van der Waals surface area contributed by atoms with Crippen molar-refractivity contribution >= 4 is 12.0 Å². The summed E-state index contributed by atoms with van der Waals surface area (Å²) in [6.07, 6.45) is 2.31.